The third-order valence-electron chi connectivity index (χ3n) is 2.40. The Morgan fingerprint density at radius 3 is 2.33 bits per heavy atom. The fraction of sp³-hybridized carbons (Fsp3) is 0.455. The van der Waals surface area contributed by atoms with Crippen LogP contribution in [-0.4, -0.2) is 0 Å². The highest BCUT2D eigenvalue weighted by molar-refractivity contribution is 5.52. The van der Waals surface area contributed by atoms with Crippen LogP contribution in [0, 0.1) is 6.92 Å². The first-order valence-corrected chi connectivity index (χ1v) is 4.56. The molecule has 0 spiro atoms. The molecule has 0 radical (unpaired) electrons. The van der Waals surface area contributed by atoms with Crippen molar-refractivity contribution in [2.75, 3.05) is 5.73 Å². The average Bonchev–Trinajstić information content (AvgIpc) is 2.09. The Morgan fingerprint density at radius 2 is 1.83 bits per heavy atom. The van der Waals surface area contributed by atoms with Crippen molar-refractivity contribution < 1.29 is 0 Å². The smallest absolute Gasteiger partial charge is 0.0349 e. The lowest BCUT2D eigenvalue weighted by atomic mass is 10.00. The lowest BCUT2D eigenvalue weighted by Crippen LogP contribution is -1.97. The van der Waals surface area contributed by atoms with Crippen molar-refractivity contribution in [2.45, 2.75) is 33.6 Å². The summed E-state index contributed by atoms with van der Waals surface area (Å²) < 4.78 is 0. The van der Waals surface area contributed by atoms with E-state index in [0.29, 0.717) is 0 Å². The SMILES string of the molecule is CCc1cc(N)c(C)c(CC)c1. The summed E-state index contributed by atoms with van der Waals surface area (Å²) in [5.74, 6) is 0. The second-order valence-corrected chi connectivity index (χ2v) is 3.18. The van der Waals surface area contributed by atoms with Crippen LogP contribution in [0.4, 0.5) is 5.69 Å². The first-order chi connectivity index (χ1) is 5.69. The van der Waals surface area contributed by atoms with Crippen molar-refractivity contribution in [1.29, 1.82) is 0 Å². The molecule has 0 saturated heterocycles. The Bertz CT molecular complexity index is 277. The maximum atomic E-state index is 5.87. The molecule has 1 aromatic carbocycles. The lowest BCUT2D eigenvalue weighted by molar-refractivity contribution is 1.07. The molecule has 0 saturated carbocycles. The van der Waals surface area contributed by atoms with Gasteiger partial charge in [0.05, 0.1) is 0 Å². The van der Waals surface area contributed by atoms with Crippen molar-refractivity contribution in [3.05, 3.63) is 28.8 Å². The van der Waals surface area contributed by atoms with Gasteiger partial charge in [-0.15, -0.1) is 0 Å². The van der Waals surface area contributed by atoms with Crippen molar-refractivity contribution in [1.82, 2.24) is 0 Å². The standard InChI is InChI=1S/C11H17N/c1-4-9-6-10(5-2)8(3)11(12)7-9/h6-7H,4-5,12H2,1-3H3. The van der Waals surface area contributed by atoms with Crippen LogP contribution in [0.3, 0.4) is 0 Å². The van der Waals surface area contributed by atoms with Gasteiger partial charge in [0.25, 0.3) is 0 Å². The molecule has 1 aromatic rings. The average molecular weight is 163 g/mol. The summed E-state index contributed by atoms with van der Waals surface area (Å²) in [4.78, 5) is 0. The van der Waals surface area contributed by atoms with E-state index in [1.807, 2.05) is 0 Å². The molecule has 2 N–H and O–H groups in total. The largest absolute Gasteiger partial charge is 0.398 e. The van der Waals surface area contributed by atoms with Gasteiger partial charge in [0, 0.05) is 5.69 Å². The molecule has 12 heavy (non-hydrogen) atoms. The van der Waals surface area contributed by atoms with Gasteiger partial charge in [-0.3, -0.25) is 0 Å². The predicted molar refractivity (Wildman–Crippen MR) is 54.3 cm³/mol. The van der Waals surface area contributed by atoms with E-state index in [1.165, 1.54) is 16.7 Å². The minimum absolute atomic E-state index is 0.936. The van der Waals surface area contributed by atoms with Gasteiger partial charge in [-0.2, -0.15) is 0 Å². The molecule has 1 rings (SSSR count). The van der Waals surface area contributed by atoms with Crippen molar-refractivity contribution in [2.24, 2.45) is 0 Å². The number of hydrogen-bond acceptors (Lipinski definition) is 1. The molecular formula is C11H17N. The molecule has 0 aromatic heterocycles. The zero-order valence-electron chi connectivity index (χ0n) is 8.15. The summed E-state index contributed by atoms with van der Waals surface area (Å²) in [6, 6.07) is 4.33. The minimum Gasteiger partial charge on any atom is -0.398 e. The molecule has 0 amide bonds. The fourth-order valence-electron chi connectivity index (χ4n) is 1.44. The van der Waals surface area contributed by atoms with Gasteiger partial charge in [0.2, 0.25) is 0 Å². The van der Waals surface area contributed by atoms with E-state index in [-0.39, 0.29) is 0 Å². The maximum Gasteiger partial charge on any atom is 0.0349 e. The zero-order chi connectivity index (χ0) is 9.14. The van der Waals surface area contributed by atoms with Crippen LogP contribution in [0.5, 0.6) is 0 Å². The number of aryl methyl sites for hydroxylation is 2. The van der Waals surface area contributed by atoms with Crippen LogP contribution >= 0.6 is 0 Å². The van der Waals surface area contributed by atoms with Gasteiger partial charge >= 0.3 is 0 Å². The number of nitrogen functional groups attached to an aromatic ring is 1. The molecule has 1 nitrogen and oxygen atoms in total. The summed E-state index contributed by atoms with van der Waals surface area (Å²) in [5.41, 5.74) is 10.8. The number of benzene rings is 1. The van der Waals surface area contributed by atoms with Crippen LogP contribution in [0.2, 0.25) is 0 Å². The maximum absolute atomic E-state index is 5.87. The molecule has 0 bridgehead atoms. The van der Waals surface area contributed by atoms with Crippen molar-refractivity contribution in [3.63, 3.8) is 0 Å². The lowest BCUT2D eigenvalue weighted by Gasteiger charge is -2.08. The molecule has 0 atom stereocenters. The van der Waals surface area contributed by atoms with Gasteiger partial charge in [0.1, 0.15) is 0 Å². The van der Waals surface area contributed by atoms with E-state index in [1.54, 1.807) is 0 Å². The summed E-state index contributed by atoms with van der Waals surface area (Å²) in [6.07, 6.45) is 2.14. The van der Waals surface area contributed by atoms with Gasteiger partial charge in [-0.25, -0.2) is 0 Å². The van der Waals surface area contributed by atoms with E-state index in [0.717, 1.165) is 18.5 Å². The molecule has 0 unspecified atom stereocenters. The van der Waals surface area contributed by atoms with Crippen LogP contribution in [0.25, 0.3) is 0 Å². The third-order valence-corrected chi connectivity index (χ3v) is 2.40. The van der Waals surface area contributed by atoms with Crippen LogP contribution in [0.15, 0.2) is 12.1 Å². The normalized spacial score (nSPS) is 10.2. The number of hydrogen-bond donors (Lipinski definition) is 1. The number of nitrogens with two attached hydrogens (primary N) is 1. The van der Waals surface area contributed by atoms with E-state index in [2.05, 4.69) is 32.9 Å². The van der Waals surface area contributed by atoms with Crippen LogP contribution < -0.4 is 5.73 Å². The highest BCUT2D eigenvalue weighted by Gasteiger charge is 2.01. The van der Waals surface area contributed by atoms with E-state index in [4.69, 9.17) is 5.73 Å². The predicted octanol–water partition coefficient (Wildman–Crippen LogP) is 2.70. The summed E-state index contributed by atoms with van der Waals surface area (Å²) in [7, 11) is 0. The van der Waals surface area contributed by atoms with Gasteiger partial charge in [-0.1, -0.05) is 19.9 Å². The quantitative estimate of drug-likeness (QED) is 0.666. The van der Waals surface area contributed by atoms with E-state index >= 15 is 0 Å². The van der Waals surface area contributed by atoms with E-state index in [9.17, 15) is 0 Å². The zero-order valence-corrected chi connectivity index (χ0v) is 8.15. The molecule has 0 aliphatic rings. The van der Waals surface area contributed by atoms with Gasteiger partial charge in [0.15, 0.2) is 0 Å². The minimum atomic E-state index is 0.936. The van der Waals surface area contributed by atoms with Gasteiger partial charge < -0.3 is 5.73 Å². The van der Waals surface area contributed by atoms with Gasteiger partial charge in [-0.05, 0) is 42.5 Å². The molecule has 0 fully saturated rings. The highest BCUT2D eigenvalue weighted by Crippen LogP contribution is 2.19. The first-order valence-electron chi connectivity index (χ1n) is 4.56. The van der Waals surface area contributed by atoms with Crippen molar-refractivity contribution in [3.8, 4) is 0 Å². The van der Waals surface area contributed by atoms with Crippen LogP contribution in [-0.2, 0) is 12.8 Å². The molecule has 66 valence electrons. The summed E-state index contributed by atoms with van der Waals surface area (Å²) >= 11 is 0. The topological polar surface area (TPSA) is 26.0 Å². The molecular weight excluding hydrogens is 146 g/mol. The number of anilines is 1. The first kappa shape index (κ1) is 9.11. The second kappa shape index (κ2) is 3.61. The monoisotopic (exact) mass is 163 g/mol. The molecule has 1 heteroatoms. The Hall–Kier alpha value is -0.980. The summed E-state index contributed by atoms with van der Waals surface area (Å²) in [5, 5.41) is 0. The van der Waals surface area contributed by atoms with E-state index < -0.39 is 0 Å². The molecule has 0 aliphatic heterocycles. The summed E-state index contributed by atoms with van der Waals surface area (Å²) in [6.45, 7) is 6.42. The Morgan fingerprint density at radius 1 is 1.17 bits per heavy atom. The fourth-order valence-corrected chi connectivity index (χ4v) is 1.44. The third kappa shape index (κ3) is 1.60. The Kier molecular flexibility index (Phi) is 2.74. The Labute approximate surface area is 74.6 Å². The Balaban J connectivity index is 3.19. The van der Waals surface area contributed by atoms with Crippen LogP contribution in [0.1, 0.15) is 30.5 Å². The second-order valence-electron chi connectivity index (χ2n) is 3.18. The molecule has 0 heterocycles. The van der Waals surface area contributed by atoms with Crippen molar-refractivity contribution >= 4 is 5.69 Å². The highest BCUT2D eigenvalue weighted by atomic mass is 14.6. The molecule has 0 aliphatic carbocycles. The number of rotatable bonds is 2.